The molecular formula is C64H41N3. The lowest BCUT2D eigenvalue weighted by molar-refractivity contribution is 0.581. The predicted octanol–water partition coefficient (Wildman–Crippen LogP) is 14.1. The number of nitrogens with zero attached hydrogens (tertiary/aromatic N) is 3. The van der Waals surface area contributed by atoms with Gasteiger partial charge in [-0.05, 0) is 100 Å². The maximum absolute atomic E-state index is 6.16. The molecule has 1 aromatic heterocycles. The van der Waals surface area contributed by atoms with Gasteiger partial charge in [0.25, 0.3) is 0 Å². The maximum atomic E-state index is 6.16. The van der Waals surface area contributed by atoms with Gasteiger partial charge in [-0.2, -0.15) is 0 Å². The molecule has 0 spiro atoms. The number of benzene rings is 10. The van der Waals surface area contributed by atoms with Crippen LogP contribution in [-0.4, -0.2) is 15.0 Å². The topological polar surface area (TPSA) is 38.7 Å². The Bertz CT molecular complexity index is 3480. The molecule has 3 nitrogen and oxygen atoms in total. The molecule has 11 aromatic rings. The quantitative estimate of drug-likeness (QED) is 0.167. The van der Waals surface area contributed by atoms with Crippen molar-refractivity contribution in [2.75, 3.05) is 0 Å². The Hall–Kier alpha value is -8.53. The molecule has 0 saturated carbocycles. The van der Waals surface area contributed by atoms with Crippen molar-refractivity contribution < 1.29 is 0 Å². The second-order valence-corrected chi connectivity index (χ2v) is 18.1. The van der Waals surface area contributed by atoms with Gasteiger partial charge in [0, 0.05) is 0 Å². The van der Waals surface area contributed by atoms with E-state index in [1.54, 1.807) is 0 Å². The highest BCUT2D eigenvalue weighted by Gasteiger charge is 2.55. The van der Waals surface area contributed by atoms with Crippen LogP contribution in [0.15, 0.2) is 249 Å². The number of hydrogen-bond donors (Lipinski definition) is 0. The van der Waals surface area contributed by atoms with Crippen molar-refractivity contribution in [2.45, 2.75) is 16.2 Å². The van der Waals surface area contributed by atoms with Gasteiger partial charge in [0.2, 0.25) is 0 Å². The molecule has 0 unspecified atom stereocenters. The molecule has 3 heteroatoms. The molecule has 312 valence electrons. The fraction of sp³-hybridized carbons (Fsp3) is 0.0469. The van der Waals surface area contributed by atoms with Crippen molar-refractivity contribution in [1.82, 2.24) is 15.0 Å². The predicted molar refractivity (Wildman–Crippen MR) is 269 cm³/mol. The summed E-state index contributed by atoms with van der Waals surface area (Å²) in [6, 6.07) is 90.7. The minimum absolute atomic E-state index is 0.689. The SMILES string of the molecule is c1ccc(C2(c3nc(C4(c5ccccc5)c5ccccc5-c5ccccc54)nc(C4(c5ccc6ccccc6c5)c5ccccc5-c5ccccc54)n3)c3ccccc3-c3ccccc32)cc1. The third kappa shape index (κ3) is 4.93. The van der Waals surface area contributed by atoms with Gasteiger partial charge >= 0.3 is 0 Å². The zero-order valence-electron chi connectivity index (χ0n) is 36.5. The van der Waals surface area contributed by atoms with Crippen LogP contribution in [-0.2, 0) is 16.2 Å². The van der Waals surface area contributed by atoms with Gasteiger partial charge in [-0.25, -0.2) is 15.0 Å². The van der Waals surface area contributed by atoms with Crippen molar-refractivity contribution in [3.05, 3.63) is 316 Å². The van der Waals surface area contributed by atoms with Crippen LogP contribution in [0.25, 0.3) is 44.2 Å². The third-order valence-electron chi connectivity index (χ3n) is 15.1. The standard InChI is InChI=1S/C64H41N3/c1-3-23-44(24-4-1)62(53-33-15-9-27-47(53)48-28-10-16-34-54(48)62)59-65-60(63(45-25-5-2-6-26-45)55-35-17-11-29-49(55)50-30-12-18-36-56(50)63)67-61(66-59)64(46-40-39-42-21-7-8-22-43(42)41-46)57-37-19-13-31-51(57)52-32-14-20-38-58(52)64/h1-41H. The van der Waals surface area contributed by atoms with E-state index in [-0.39, 0.29) is 0 Å². The molecule has 0 radical (unpaired) electrons. The van der Waals surface area contributed by atoms with Gasteiger partial charge < -0.3 is 0 Å². The van der Waals surface area contributed by atoms with Crippen LogP contribution >= 0.6 is 0 Å². The first-order chi connectivity index (χ1) is 33.2. The van der Waals surface area contributed by atoms with Gasteiger partial charge in [-0.3, -0.25) is 0 Å². The summed E-state index contributed by atoms with van der Waals surface area (Å²) >= 11 is 0. The maximum Gasteiger partial charge on any atom is 0.152 e. The van der Waals surface area contributed by atoms with E-state index in [9.17, 15) is 0 Å². The first-order valence-electron chi connectivity index (χ1n) is 23.2. The largest absolute Gasteiger partial charge is 0.215 e. The zero-order chi connectivity index (χ0) is 44.2. The lowest BCUT2D eigenvalue weighted by Gasteiger charge is -2.38. The Balaban J connectivity index is 1.22. The summed E-state index contributed by atoms with van der Waals surface area (Å²) in [5.74, 6) is 2.07. The van der Waals surface area contributed by atoms with Crippen LogP contribution in [0.5, 0.6) is 0 Å². The van der Waals surface area contributed by atoms with Gasteiger partial charge in [-0.15, -0.1) is 0 Å². The zero-order valence-corrected chi connectivity index (χ0v) is 36.5. The van der Waals surface area contributed by atoms with Crippen molar-refractivity contribution in [2.24, 2.45) is 0 Å². The van der Waals surface area contributed by atoms with Crippen LogP contribution in [0.4, 0.5) is 0 Å². The van der Waals surface area contributed by atoms with Crippen molar-refractivity contribution in [3.63, 3.8) is 0 Å². The molecule has 0 aliphatic heterocycles. The summed E-state index contributed by atoms with van der Waals surface area (Å²) in [6.45, 7) is 0. The summed E-state index contributed by atoms with van der Waals surface area (Å²) in [7, 11) is 0. The monoisotopic (exact) mass is 851 g/mol. The van der Waals surface area contributed by atoms with Gasteiger partial charge in [0.05, 0.1) is 0 Å². The fourth-order valence-electron chi connectivity index (χ4n) is 12.4. The van der Waals surface area contributed by atoms with Crippen LogP contribution < -0.4 is 0 Å². The van der Waals surface area contributed by atoms with Crippen LogP contribution in [0.2, 0.25) is 0 Å². The van der Waals surface area contributed by atoms with Crippen molar-refractivity contribution in [1.29, 1.82) is 0 Å². The van der Waals surface area contributed by atoms with E-state index in [0.29, 0.717) is 17.5 Å². The summed E-state index contributed by atoms with van der Waals surface area (Å²) in [4.78, 5) is 18.4. The second-order valence-electron chi connectivity index (χ2n) is 18.1. The number of fused-ring (bicyclic) bond motifs is 10. The van der Waals surface area contributed by atoms with Crippen molar-refractivity contribution >= 4 is 10.8 Å². The average Bonchev–Trinajstić information content (AvgIpc) is 4.00. The van der Waals surface area contributed by atoms with Crippen LogP contribution in [0.1, 0.15) is 67.5 Å². The summed E-state index contributed by atoms with van der Waals surface area (Å²) in [5, 5.41) is 2.34. The number of rotatable bonds is 6. The van der Waals surface area contributed by atoms with E-state index in [1.165, 1.54) is 38.8 Å². The first-order valence-corrected chi connectivity index (χ1v) is 23.2. The van der Waals surface area contributed by atoms with Crippen LogP contribution in [0, 0.1) is 0 Å². The normalized spacial score (nSPS) is 14.9. The van der Waals surface area contributed by atoms with E-state index in [4.69, 9.17) is 15.0 Å². The van der Waals surface area contributed by atoms with E-state index in [2.05, 4.69) is 249 Å². The summed E-state index contributed by atoms with van der Waals surface area (Å²) in [6.07, 6.45) is 0. The highest BCUT2D eigenvalue weighted by atomic mass is 15.1. The van der Waals surface area contributed by atoms with Crippen LogP contribution in [0.3, 0.4) is 0 Å². The first kappa shape index (κ1) is 37.8. The molecule has 0 bridgehead atoms. The molecular weight excluding hydrogens is 811 g/mol. The third-order valence-corrected chi connectivity index (χ3v) is 15.1. The molecule has 67 heavy (non-hydrogen) atoms. The van der Waals surface area contributed by atoms with Crippen molar-refractivity contribution in [3.8, 4) is 33.4 Å². The molecule has 3 aliphatic carbocycles. The molecule has 0 saturated heterocycles. The highest BCUT2D eigenvalue weighted by molar-refractivity contribution is 5.91. The Labute approximate surface area is 389 Å². The lowest BCUT2D eigenvalue weighted by Crippen LogP contribution is -2.40. The van der Waals surface area contributed by atoms with E-state index >= 15 is 0 Å². The molecule has 10 aromatic carbocycles. The van der Waals surface area contributed by atoms with Gasteiger partial charge in [0.1, 0.15) is 16.2 Å². The summed E-state index contributed by atoms with van der Waals surface area (Å²) in [5.41, 5.74) is 14.5. The average molecular weight is 852 g/mol. The number of hydrogen-bond acceptors (Lipinski definition) is 3. The minimum atomic E-state index is -0.950. The molecule has 0 atom stereocenters. The lowest BCUT2D eigenvalue weighted by atomic mass is 9.68. The molecule has 0 fully saturated rings. The molecule has 0 amide bonds. The van der Waals surface area contributed by atoms with E-state index in [0.717, 1.165) is 55.5 Å². The second kappa shape index (κ2) is 14.2. The smallest absolute Gasteiger partial charge is 0.152 e. The molecule has 1 heterocycles. The van der Waals surface area contributed by atoms with Gasteiger partial charge in [0.15, 0.2) is 17.5 Å². The Kier molecular flexibility index (Phi) is 8.03. The summed E-state index contributed by atoms with van der Waals surface area (Å²) < 4.78 is 0. The Morgan fingerprint density at radius 2 is 0.478 bits per heavy atom. The Morgan fingerprint density at radius 1 is 0.209 bits per heavy atom. The minimum Gasteiger partial charge on any atom is -0.215 e. The fourth-order valence-corrected chi connectivity index (χ4v) is 12.4. The molecule has 3 aliphatic rings. The van der Waals surface area contributed by atoms with Gasteiger partial charge in [-0.1, -0.05) is 243 Å². The Morgan fingerprint density at radius 3 is 0.821 bits per heavy atom. The highest BCUT2D eigenvalue weighted by Crippen LogP contribution is 2.60. The van der Waals surface area contributed by atoms with E-state index in [1.807, 2.05) is 0 Å². The number of aromatic nitrogens is 3. The van der Waals surface area contributed by atoms with E-state index < -0.39 is 16.2 Å². The molecule has 14 rings (SSSR count). The molecule has 0 N–H and O–H groups in total.